The lowest BCUT2D eigenvalue weighted by molar-refractivity contribution is 0.00788. The summed E-state index contributed by atoms with van der Waals surface area (Å²) in [6, 6.07) is 0. The molecule has 25 heavy (non-hydrogen) atoms. The summed E-state index contributed by atoms with van der Waals surface area (Å²) in [5.74, 6) is 0.0951. The maximum atomic E-state index is 12.3. The van der Waals surface area contributed by atoms with Crippen LogP contribution in [0.25, 0.3) is 11.2 Å². The highest BCUT2D eigenvalue weighted by Gasteiger charge is 2.36. The predicted molar refractivity (Wildman–Crippen MR) is 100 cm³/mol. The van der Waals surface area contributed by atoms with Gasteiger partial charge in [-0.15, -0.1) is 11.8 Å². The van der Waals surface area contributed by atoms with Crippen molar-refractivity contribution < 1.29 is 13.8 Å². The van der Waals surface area contributed by atoms with Crippen molar-refractivity contribution in [3.63, 3.8) is 0 Å². The van der Waals surface area contributed by atoms with Crippen LogP contribution in [0.3, 0.4) is 0 Å². The first-order valence-electron chi connectivity index (χ1n) is 7.98. The summed E-state index contributed by atoms with van der Waals surface area (Å²) < 4.78 is 25.6. The van der Waals surface area contributed by atoms with Crippen molar-refractivity contribution in [3.8, 4) is 0 Å². The molecule has 0 amide bonds. The molecule has 2 N–H and O–H groups in total. The second kappa shape index (κ2) is 7.40. The monoisotopic (exact) mass is 405 g/mol. The molecule has 3 heterocycles. The summed E-state index contributed by atoms with van der Waals surface area (Å²) in [5.41, 5.74) is 6.67. The minimum atomic E-state index is -2.56. The number of hydrogen-bond acceptors (Lipinski definition) is 8. The first-order chi connectivity index (χ1) is 11.8. The van der Waals surface area contributed by atoms with Crippen LogP contribution in [0.5, 0.6) is 0 Å². The normalized spacial score (nSPS) is 26.2. The van der Waals surface area contributed by atoms with E-state index in [0.717, 1.165) is 0 Å². The molecule has 0 aromatic carbocycles. The molecule has 0 aliphatic carbocycles. The van der Waals surface area contributed by atoms with Crippen LogP contribution in [0.2, 0.25) is 5.15 Å². The van der Waals surface area contributed by atoms with E-state index in [-0.39, 0.29) is 28.0 Å². The Kier molecular flexibility index (Phi) is 5.60. The van der Waals surface area contributed by atoms with E-state index in [1.54, 1.807) is 24.8 Å². The van der Waals surface area contributed by atoms with Crippen LogP contribution in [0.1, 0.15) is 26.5 Å². The molecule has 1 unspecified atom stereocenters. The Bertz CT molecular complexity index is 819. The Morgan fingerprint density at radius 2 is 2.28 bits per heavy atom. The summed E-state index contributed by atoms with van der Waals surface area (Å²) in [6.07, 6.45) is 2.53. The molecule has 1 saturated heterocycles. The molecule has 1 aliphatic rings. The number of thioether (sulfide) groups is 1. The van der Waals surface area contributed by atoms with Crippen molar-refractivity contribution in [2.24, 2.45) is 0 Å². The smallest absolute Gasteiger partial charge is 0.223 e. The second-order valence-electron chi connectivity index (χ2n) is 5.94. The lowest BCUT2D eigenvalue weighted by Gasteiger charge is -2.17. The third kappa shape index (κ3) is 4.11. The molecule has 0 radical (unpaired) electrons. The number of rotatable bonds is 6. The lowest BCUT2D eigenvalue weighted by Crippen LogP contribution is -2.17. The van der Waals surface area contributed by atoms with Crippen LogP contribution >= 0.6 is 30.7 Å². The average Bonchev–Trinajstić information content (AvgIpc) is 3.08. The van der Waals surface area contributed by atoms with Crippen LogP contribution in [0.4, 0.5) is 5.95 Å². The number of aromatic nitrogens is 4. The topological polar surface area (TPSA) is 105 Å². The predicted octanol–water partition coefficient (Wildman–Crippen LogP) is 3.37. The van der Waals surface area contributed by atoms with E-state index in [1.807, 2.05) is 11.5 Å². The zero-order chi connectivity index (χ0) is 18.2. The maximum Gasteiger partial charge on any atom is 0.223 e. The van der Waals surface area contributed by atoms with Crippen molar-refractivity contribution in [1.29, 1.82) is 0 Å². The maximum absolute atomic E-state index is 12.3. The highest BCUT2D eigenvalue weighted by molar-refractivity contribution is 8.00. The number of anilines is 1. The Balaban J connectivity index is 1.75. The van der Waals surface area contributed by atoms with Gasteiger partial charge >= 0.3 is 0 Å². The van der Waals surface area contributed by atoms with Gasteiger partial charge in [-0.05, 0) is 20.3 Å². The quantitative estimate of drug-likeness (QED) is 0.576. The van der Waals surface area contributed by atoms with Gasteiger partial charge in [-0.1, -0.05) is 11.6 Å². The number of nitrogen functional groups attached to an aromatic ring is 1. The molecule has 2 aromatic rings. The van der Waals surface area contributed by atoms with Crippen molar-refractivity contribution in [3.05, 3.63) is 11.5 Å². The van der Waals surface area contributed by atoms with Gasteiger partial charge in [0, 0.05) is 18.1 Å². The molecule has 0 saturated carbocycles. The van der Waals surface area contributed by atoms with E-state index in [2.05, 4.69) is 21.9 Å². The summed E-state index contributed by atoms with van der Waals surface area (Å²) in [4.78, 5) is 12.4. The summed E-state index contributed by atoms with van der Waals surface area (Å²) >= 11 is 7.77. The molecule has 2 aromatic heterocycles. The number of halogens is 1. The van der Waals surface area contributed by atoms with Crippen LogP contribution in [0.15, 0.2) is 6.33 Å². The first-order valence-corrected chi connectivity index (χ1v) is 11.6. The van der Waals surface area contributed by atoms with Gasteiger partial charge in [0.1, 0.15) is 17.2 Å². The zero-order valence-electron chi connectivity index (χ0n) is 14.3. The van der Waals surface area contributed by atoms with Gasteiger partial charge in [0.25, 0.3) is 0 Å². The van der Waals surface area contributed by atoms with E-state index >= 15 is 0 Å². The second-order valence-corrected chi connectivity index (χ2v) is 10.6. The molecule has 8 nitrogen and oxygen atoms in total. The number of nitrogens with two attached hydrogens (primary N) is 1. The molecule has 1 aliphatic heterocycles. The largest absolute Gasteiger partial charge is 0.368 e. The zero-order valence-corrected chi connectivity index (χ0v) is 16.7. The Morgan fingerprint density at radius 1 is 1.52 bits per heavy atom. The van der Waals surface area contributed by atoms with E-state index in [1.165, 1.54) is 0 Å². The number of fused-ring (bicyclic) bond motifs is 1. The summed E-state index contributed by atoms with van der Waals surface area (Å²) in [5, 5.41) is 0.389. The minimum Gasteiger partial charge on any atom is -0.368 e. The summed E-state index contributed by atoms with van der Waals surface area (Å²) in [6.45, 7) is 6.04. The highest BCUT2D eigenvalue weighted by Crippen LogP contribution is 2.47. The molecule has 3 rings (SSSR count). The molecule has 11 heteroatoms. The Morgan fingerprint density at radius 3 is 3.00 bits per heavy atom. The lowest BCUT2D eigenvalue weighted by atomic mass is 10.4. The van der Waals surface area contributed by atoms with Crippen molar-refractivity contribution in [2.45, 2.75) is 37.2 Å². The number of ether oxygens (including phenoxy) is 1. The van der Waals surface area contributed by atoms with Crippen LogP contribution in [0, 0.1) is 0 Å². The molecule has 4 atom stereocenters. The van der Waals surface area contributed by atoms with Gasteiger partial charge in [0.2, 0.25) is 5.95 Å². The SMILES string of the molecule is CCOP(C)(=O)CC[C@@H]1O[C@H](n2cnc3c(Cl)nc(N)nc32)[C@@H](C)S1. The third-order valence-electron chi connectivity index (χ3n) is 3.90. The number of hydrogen-bond donors (Lipinski definition) is 1. The van der Waals surface area contributed by atoms with E-state index in [4.69, 9.17) is 26.6 Å². The molecule has 1 fully saturated rings. The van der Waals surface area contributed by atoms with Crippen LogP contribution in [-0.2, 0) is 13.8 Å². The number of nitrogens with zero attached hydrogens (tertiary/aromatic N) is 4. The molecule has 0 bridgehead atoms. The average molecular weight is 406 g/mol. The van der Waals surface area contributed by atoms with Gasteiger partial charge in [-0.2, -0.15) is 9.97 Å². The standard InChI is InChI=1S/C14H21ClN5O3PS/c1-4-22-24(3,21)6-5-9-23-13(8(2)25-9)20-7-17-10-11(15)18-14(16)19-12(10)20/h7-9,13H,4-6H2,1-3H3,(H2,16,18,19)/t8-,9-,13+,24?/m1/s1. The van der Waals surface area contributed by atoms with E-state index < -0.39 is 7.37 Å². The van der Waals surface area contributed by atoms with Gasteiger partial charge in [-0.25, -0.2) is 4.98 Å². The third-order valence-corrected chi connectivity index (χ3v) is 7.35. The fourth-order valence-corrected chi connectivity index (χ4v) is 5.81. The van der Waals surface area contributed by atoms with Crippen LogP contribution in [-0.4, -0.2) is 49.6 Å². The molecule has 0 spiro atoms. The number of imidazole rings is 1. The molecule has 138 valence electrons. The van der Waals surface area contributed by atoms with Crippen molar-refractivity contribution >= 4 is 47.8 Å². The van der Waals surface area contributed by atoms with E-state index in [0.29, 0.717) is 30.4 Å². The van der Waals surface area contributed by atoms with Gasteiger partial charge in [0.05, 0.1) is 12.9 Å². The first kappa shape index (κ1) is 18.9. The van der Waals surface area contributed by atoms with Crippen molar-refractivity contribution in [2.75, 3.05) is 25.2 Å². The van der Waals surface area contributed by atoms with Gasteiger partial charge in [-0.3, -0.25) is 9.13 Å². The van der Waals surface area contributed by atoms with Crippen LogP contribution < -0.4 is 5.73 Å². The van der Waals surface area contributed by atoms with Gasteiger partial charge in [0.15, 0.2) is 18.2 Å². The summed E-state index contributed by atoms with van der Waals surface area (Å²) in [7, 11) is -2.56. The Labute approximate surface area is 155 Å². The van der Waals surface area contributed by atoms with Gasteiger partial charge < -0.3 is 15.0 Å². The highest BCUT2D eigenvalue weighted by atomic mass is 35.5. The Hall–Kier alpha value is -0.860. The molecular formula is C14H21ClN5O3PS. The fraction of sp³-hybridized carbons (Fsp3) is 0.643. The van der Waals surface area contributed by atoms with E-state index in [9.17, 15) is 4.57 Å². The minimum absolute atomic E-state index is 0.0687. The molecular weight excluding hydrogens is 385 g/mol. The van der Waals surface area contributed by atoms with Crippen molar-refractivity contribution in [1.82, 2.24) is 19.5 Å². The fourth-order valence-electron chi connectivity index (χ4n) is 2.79.